The van der Waals surface area contributed by atoms with Gasteiger partial charge in [0.05, 0.1) is 13.5 Å². The van der Waals surface area contributed by atoms with Crippen LogP contribution >= 0.6 is 34.9 Å². The van der Waals surface area contributed by atoms with E-state index in [9.17, 15) is 19.5 Å². The molecule has 2 aromatic heterocycles. The number of aromatic nitrogens is 4. The number of thioether (sulfide) groups is 2. The number of amides is 2. The Kier molecular flexibility index (Phi) is 6.31. The third kappa shape index (κ3) is 4.07. The summed E-state index contributed by atoms with van der Waals surface area (Å²) >= 11 is 4.14. The highest BCUT2D eigenvalue weighted by Crippen LogP contribution is 2.43. The standard InChI is InChI=1S/C17H18N6O5S3/c1-21-17(18-19-20-21)31-8-9-7-30-15-13(14(25)22(15)12(9)16(26)27)23(28-2)11(24)6-10-4-3-5-29-10/h3-5,13,15H,6-8H2,1-2H3,(H,26,27)/t13?,15-/m1/s1. The van der Waals surface area contributed by atoms with Crippen LogP contribution in [-0.4, -0.2) is 83.1 Å². The number of thiophene rings is 1. The average molecular weight is 483 g/mol. The quantitative estimate of drug-likeness (QED) is 0.324. The molecule has 164 valence electrons. The molecule has 0 spiro atoms. The van der Waals surface area contributed by atoms with Crippen molar-refractivity contribution < 1.29 is 24.3 Å². The fraction of sp³-hybridized carbons (Fsp3) is 0.412. The molecule has 1 unspecified atom stereocenters. The smallest absolute Gasteiger partial charge is 0.352 e. The molecule has 4 rings (SSSR count). The lowest BCUT2D eigenvalue weighted by atomic mass is 10.0. The number of carbonyl (C=O) groups is 3. The summed E-state index contributed by atoms with van der Waals surface area (Å²) < 4.78 is 1.49. The number of carbonyl (C=O) groups excluding carboxylic acids is 2. The van der Waals surface area contributed by atoms with Gasteiger partial charge in [0.15, 0.2) is 6.04 Å². The number of aliphatic carboxylic acids is 1. The van der Waals surface area contributed by atoms with Gasteiger partial charge in [0.25, 0.3) is 11.8 Å². The summed E-state index contributed by atoms with van der Waals surface area (Å²) in [6.07, 6.45) is 0.113. The Morgan fingerprint density at radius 3 is 2.87 bits per heavy atom. The molecule has 31 heavy (non-hydrogen) atoms. The van der Waals surface area contributed by atoms with Crippen LogP contribution in [0.15, 0.2) is 33.9 Å². The third-order valence-electron chi connectivity index (χ3n) is 4.78. The Morgan fingerprint density at radius 1 is 1.45 bits per heavy atom. The van der Waals surface area contributed by atoms with Crippen LogP contribution in [0.2, 0.25) is 0 Å². The number of tetrazole rings is 1. The second kappa shape index (κ2) is 8.98. The number of carboxylic acids is 1. The highest BCUT2D eigenvalue weighted by Gasteiger charge is 2.57. The van der Waals surface area contributed by atoms with E-state index in [0.717, 1.165) is 9.94 Å². The minimum atomic E-state index is -1.18. The minimum absolute atomic E-state index is 0.0469. The van der Waals surface area contributed by atoms with Crippen LogP contribution in [0, 0.1) is 0 Å². The van der Waals surface area contributed by atoms with Crippen LogP contribution in [0.5, 0.6) is 0 Å². The monoisotopic (exact) mass is 482 g/mol. The average Bonchev–Trinajstić information content (AvgIpc) is 3.40. The molecule has 2 aliphatic heterocycles. The zero-order valence-corrected chi connectivity index (χ0v) is 18.9. The topological polar surface area (TPSA) is 131 Å². The predicted octanol–water partition coefficient (Wildman–Crippen LogP) is 0.619. The third-order valence-corrected chi connectivity index (χ3v) is 8.08. The van der Waals surface area contributed by atoms with Gasteiger partial charge in [-0.1, -0.05) is 17.8 Å². The fourth-order valence-electron chi connectivity index (χ4n) is 3.36. The van der Waals surface area contributed by atoms with E-state index < -0.39 is 23.3 Å². The van der Waals surface area contributed by atoms with E-state index in [1.807, 2.05) is 17.5 Å². The summed E-state index contributed by atoms with van der Waals surface area (Å²) in [4.78, 5) is 45.0. The van der Waals surface area contributed by atoms with Crippen molar-refractivity contribution in [3.05, 3.63) is 33.7 Å². The molecule has 1 fully saturated rings. The first-order valence-corrected chi connectivity index (χ1v) is 12.0. The molecule has 1 N–H and O–H groups in total. The van der Waals surface area contributed by atoms with Gasteiger partial charge in [-0.15, -0.1) is 28.2 Å². The lowest BCUT2D eigenvalue weighted by molar-refractivity contribution is -0.208. The van der Waals surface area contributed by atoms with E-state index in [2.05, 4.69) is 15.5 Å². The Labute approximate surface area is 189 Å². The zero-order chi connectivity index (χ0) is 22.1. The van der Waals surface area contributed by atoms with Gasteiger partial charge in [-0.05, 0) is 27.4 Å². The molecule has 0 aliphatic carbocycles. The fourth-order valence-corrected chi connectivity index (χ4v) is 6.43. The second-order valence-electron chi connectivity index (χ2n) is 6.64. The maximum Gasteiger partial charge on any atom is 0.352 e. The normalized spacial score (nSPS) is 20.5. The lowest BCUT2D eigenvalue weighted by Gasteiger charge is -2.51. The summed E-state index contributed by atoms with van der Waals surface area (Å²) in [5, 5.41) is 23.9. The van der Waals surface area contributed by atoms with E-state index in [4.69, 9.17) is 4.84 Å². The van der Waals surface area contributed by atoms with Gasteiger partial charge in [-0.25, -0.2) is 14.5 Å². The molecule has 11 nitrogen and oxygen atoms in total. The molecular formula is C17H18N6O5S3. The van der Waals surface area contributed by atoms with Crippen LogP contribution in [0.4, 0.5) is 0 Å². The van der Waals surface area contributed by atoms with Crippen molar-refractivity contribution in [3.8, 4) is 0 Å². The van der Waals surface area contributed by atoms with Crippen molar-refractivity contribution in [1.82, 2.24) is 30.2 Å². The molecule has 0 saturated carbocycles. The zero-order valence-electron chi connectivity index (χ0n) is 16.5. The van der Waals surface area contributed by atoms with E-state index in [-0.39, 0.29) is 18.0 Å². The van der Waals surface area contributed by atoms with Gasteiger partial charge in [-0.3, -0.25) is 19.3 Å². The van der Waals surface area contributed by atoms with E-state index in [1.54, 1.807) is 7.05 Å². The molecule has 1 saturated heterocycles. The summed E-state index contributed by atoms with van der Waals surface area (Å²) in [6, 6.07) is 2.81. The van der Waals surface area contributed by atoms with E-state index in [1.165, 1.54) is 51.6 Å². The first kappa shape index (κ1) is 21.8. The van der Waals surface area contributed by atoms with E-state index >= 15 is 0 Å². The maximum atomic E-state index is 13.0. The number of rotatable bonds is 8. The minimum Gasteiger partial charge on any atom is -0.477 e. The summed E-state index contributed by atoms with van der Waals surface area (Å²) in [6.45, 7) is 0. The van der Waals surface area contributed by atoms with Crippen LogP contribution in [0.1, 0.15) is 4.88 Å². The molecule has 2 amide bonds. The van der Waals surface area contributed by atoms with Crippen LogP contribution < -0.4 is 0 Å². The number of nitrogens with zero attached hydrogens (tertiary/aromatic N) is 6. The summed E-state index contributed by atoms with van der Waals surface area (Å²) in [5.74, 6) is -1.27. The number of hydroxylamine groups is 2. The first-order valence-electron chi connectivity index (χ1n) is 9.06. The number of aryl methyl sites for hydroxylation is 1. The Bertz CT molecular complexity index is 1040. The molecule has 14 heteroatoms. The number of fused-ring (bicyclic) bond motifs is 1. The number of β-lactam (4-membered cyclic amide) rings is 1. The number of hydrogen-bond donors (Lipinski definition) is 1. The highest BCUT2D eigenvalue weighted by molar-refractivity contribution is 8.01. The maximum absolute atomic E-state index is 13.0. The van der Waals surface area contributed by atoms with Gasteiger partial charge in [0, 0.05) is 23.4 Å². The molecule has 0 aromatic carbocycles. The first-order chi connectivity index (χ1) is 14.9. The van der Waals surface area contributed by atoms with Crippen LogP contribution in [0.25, 0.3) is 0 Å². The van der Waals surface area contributed by atoms with Gasteiger partial charge in [0.1, 0.15) is 11.1 Å². The van der Waals surface area contributed by atoms with Gasteiger partial charge < -0.3 is 5.11 Å². The Morgan fingerprint density at radius 2 is 2.26 bits per heavy atom. The van der Waals surface area contributed by atoms with E-state index in [0.29, 0.717) is 22.2 Å². The summed E-state index contributed by atoms with van der Waals surface area (Å²) in [5.41, 5.74) is 0.553. The Hall–Kier alpha value is -2.42. The lowest BCUT2D eigenvalue weighted by Crippen LogP contribution is -2.71. The molecular weight excluding hydrogens is 464 g/mol. The van der Waals surface area contributed by atoms with Crippen LogP contribution in [0.3, 0.4) is 0 Å². The number of carboxylic acid groups (broad SMARTS) is 1. The molecule has 0 bridgehead atoms. The molecule has 2 aromatic rings. The molecule has 4 heterocycles. The van der Waals surface area contributed by atoms with Crippen molar-refractivity contribution in [2.75, 3.05) is 18.6 Å². The van der Waals surface area contributed by atoms with Crippen molar-refractivity contribution in [2.24, 2.45) is 7.05 Å². The SMILES string of the molecule is CON(C(=O)Cc1cccs1)C1C(=O)N2C(C(=O)O)=C(CSc3nnnn3C)CS[C@H]12. The van der Waals surface area contributed by atoms with Crippen molar-refractivity contribution in [2.45, 2.75) is 23.0 Å². The van der Waals surface area contributed by atoms with Crippen molar-refractivity contribution in [3.63, 3.8) is 0 Å². The van der Waals surface area contributed by atoms with Crippen molar-refractivity contribution >= 4 is 52.6 Å². The van der Waals surface area contributed by atoms with Gasteiger partial charge >= 0.3 is 5.97 Å². The highest BCUT2D eigenvalue weighted by atomic mass is 32.2. The van der Waals surface area contributed by atoms with Crippen LogP contribution in [-0.2, 0) is 32.7 Å². The number of hydrogen-bond acceptors (Lipinski definition) is 10. The summed E-state index contributed by atoms with van der Waals surface area (Å²) in [7, 11) is 3.03. The molecule has 2 aliphatic rings. The van der Waals surface area contributed by atoms with Crippen molar-refractivity contribution in [1.29, 1.82) is 0 Å². The molecule has 2 atom stereocenters. The second-order valence-corrected chi connectivity index (χ2v) is 9.72. The van der Waals surface area contributed by atoms with Gasteiger partial charge in [0.2, 0.25) is 5.16 Å². The Balaban J connectivity index is 1.51. The predicted molar refractivity (Wildman–Crippen MR) is 113 cm³/mol. The largest absolute Gasteiger partial charge is 0.477 e. The molecule has 0 radical (unpaired) electrons. The van der Waals surface area contributed by atoms with Gasteiger partial charge in [-0.2, -0.15) is 0 Å².